The molecule has 1 aliphatic heterocycles. The Hall–Kier alpha value is -3.20. The molecule has 0 bridgehead atoms. The molecule has 0 aliphatic carbocycles. The van der Waals surface area contributed by atoms with Gasteiger partial charge in [0, 0.05) is 21.7 Å². The van der Waals surface area contributed by atoms with E-state index in [2.05, 4.69) is 15.9 Å². The van der Waals surface area contributed by atoms with Crippen molar-refractivity contribution >= 4 is 56.8 Å². The van der Waals surface area contributed by atoms with Crippen molar-refractivity contribution in [2.45, 2.75) is 20.4 Å². The Morgan fingerprint density at radius 3 is 2.62 bits per heavy atom. The Bertz CT molecular complexity index is 1720. The maximum atomic E-state index is 14.7. The molecule has 0 unspecified atom stereocenters. The second-order valence-electron chi connectivity index (χ2n) is 8.60. The fraction of sp³-hybridized carbons (Fsp3) is 0.143. The summed E-state index contributed by atoms with van der Waals surface area (Å²) in [6, 6.07) is 13.8. The van der Waals surface area contributed by atoms with Crippen LogP contribution in [0.2, 0.25) is 5.02 Å². The predicted octanol–water partition coefficient (Wildman–Crippen LogP) is 5.35. The number of ether oxygens (including phenoxy) is 2. The lowest BCUT2D eigenvalue weighted by atomic mass is 10.1. The molecule has 0 saturated heterocycles. The topological polar surface area (TPSA) is 57.5 Å². The first-order valence-corrected chi connectivity index (χ1v) is 13.3. The first kappa shape index (κ1) is 25.4. The standard InChI is InChI=1S/C28H20BrClFNO4S/c1-15-7-21(30)19(22(31)8-15)10-26-28(34)32(13-17-9-24-25(11-20(17)29)36-14-35-24)27(37-26)12-23(33)18-6-4-3-5-16(18)2/h3-12H,13-14H2,1-2H3/b26-10-,27-12+. The van der Waals surface area contributed by atoms with E-state index >= 15 is 0 Å². The number of benzene rings is 3. The number of carbonyl (C=O) groups excluding carboxylic acids is 1. The Morgan fingerprint density at radius 2 is 1.89 bits per heavy atom. The molecule has 5 rings (SSSR count). The third-order valence-corrected chi connectivity index (χ3v) is 8.08. The van der Waals surface area contributed by atoms with E-state index < -0.39 is 5.82 Å². The number of nitrogens with zero attached hydrogens (tertiary/aromatic N) is 1. The summed E-state index contributed by atoms with van der Waals surface area (Å²) in [5.41, 5.74) is 2.56. The van der Waals surface area contributed by atoms with Gasteiger partial charge in [0.2, 0.25) is 6.79 Å². The number of hydrogen-bond donors (Lipinski definition) is 0. The number of halogens is 3. The molecular weight excluding hydrogens is 581 g/mol. The number of thiazole rings is 1. The predicted molar refractivity (Wildman–Crippen MR) is 147 cm³/mol. The summed E-state index contributed by atoms with van der Waals surface area (Å²) in [5, 5.41) is 0.205. The molecule has 0 spiro atoms. The Labute approximate surface area is 229 Å². The molecule has 1 aromatic heterocycles. The van der Waals surface area contributed by atoms with Gasteiger partial charge in [0.15, 0.2) is 17.3 Å². The van der Waals surface area contributed by atoms with Gasteiger partial charge < -0.3 is 9.47 Å². The third kappa shape index (κ3) is 5.14. The zero-order chi connectivity index (χ0) is 26.3. The monoisotopic (exact) mass is 599 g/mol. The number of hydrogen-bond acceptors (Lipinski definition) is 5. The fourth-order valence-corrected chi connectivity index (χ4v) is 5.85. The minimum atomic E-state index is -0.524. The van der Waals surface area contributed by atoms with Crippen LogP contribution < -0.4 is 24.2 Å². The number of carbonyl (C=O) groups is 1. The smallest absolute Gasteiger partial charge is 0.269 e. The van der Waals surface area contributed by atoms with Gasteiger partial charge in [0.25, 0.3) is 5.56 Å². The van der Waals surface area contributed by atoms with Gasteiger partial charge in [0.1, 0.15) is 10.5 Å². The molecule has 4 aromatic rings. The number of ketones is 1. The van der Waals surface area contributed by atoms with Crippen LogP contribution in [0, 0.1) is 19.7 Å². The van der Waals surface area contributed by atoms with E-state index in [9.17, 15) is 14.0 Å². The molecule has 9 heteroatoms. The average Bonchev–Trinajstić information content (AvgIpc) is 3.41. The number of aryl methyl sites for hydroxylation is 2. The van der Waals surface area contributed by atoms with Crippen molar-refractivity contribution in [3.8, 4) is 11.5 Å². The average molecular weight is 601 g/mol. The summed E-state index contributed by atoms with van der Waals surface area (Å²) >= 11 is 10.9. The molecule has 0 fully saturated rings. The first-order valence-electron chi connectivity index (χ1n) is 11.3. The highest BCUT2D eigenvalue weighted by Crippen LogP contribution is 2.37. The molecule has 2 heterocycles. The van der Waals surface area contributed by atoms with Crippen LogP contribution in [0.1, 0.15) is 32.6 Å². The summed E-state index contributed by atoms with van der Waals surface area (Å²) < 4.78 is 28.5. The van der Waals surface area contributed by atoms with E-state index in [4.69, 9.17) is 21.1 Å². The van der Waals surface area contributed by atoms with E-state index in [1.54, 1.807) is 37.3 Å². The van der Waals surface area contributed by atoms with Crippen LogP contribution in [-0.2, 0) is 6.54 Å². The summed E-state index contributed by atoms with van der Waals surface area (Å²) in [6.07, 6.45) is 2.88. The van der Waals surface area contributed by atoms with E-state index in [1.807, 2.05) is 19.1 Å². The van der Waals surface area contributed by atoms with Crippen LogP contribution in [0.3, 0.4) is 0 Å². The van der Waals surface area contributed by atoms with Gasteiger partial charge >= 0.3 is 0 Å². The Morgan fingerprint density at radius 1 is 1.16 bits per heavy atom. The molecule has 0 atom stereocenters. The van der Waals surface area contributed by atoms with Crippen molar-refractivity contribution in [3.63, 3.8) is 0 Å². The van der Waals surface area contributed by atoms with Crippen molar-refractivity contribution in [1.82, 2.24) is 4.57 Å². The van der Waals surface area contributed by atoms with Crippen molar-refractivity contribution in [2.24, 2.45) is 0 Å². The van der Waals surface area contributed by atoms with Gasteiger partial charge in [0.05, 0.1) is 16.1 Å². The number of rotatable bonds is 5. The fourth-order valence-electron chi connectivity index (χ4n) is 4.06. The van der Waals surface area contributed by atoms with Crippen LogP contribution in [0.15, 0.2) is 57.8 Å². The van der Waals surface area contributed by atoms with Gasteiger partial charge in [-0.3, -0.25) is 14.2 Å². The molecule has 0 N–H and O–H groups in total. The second kappa shape index (κ2) is 10.3. The molecule has 188 valence electrons. The van der Waals surface area contributed by atoms with E-state index in [0.717, 1.165) is 26.9 Å². The maximum Gasteiger partial charge on any atom is 0.269 e. The molecule has 0 saturated carbocycles. The van der Waals surface area contributed by atoms with Crippen molar-refractivity contribution in [3.05, 3.63) is 111 Å². The first-order chi connectivity index (χ1) is 17.7. The van der Waals surface area contributed by atoms with Crippen LogP contribution >= 0.6 is 38.9 Å². The SMILES string of the molecule is Cc1cc(F)c(/C=c2\s/c(=C/C(=O)c3ccccc3C)n(Cc3cc4c(cc3Br)OCO4)c2=O)c(Cl)c1. The van der Waals surface area contributed by atoms with Crippen LogP contribution in [0.25, 0.3) is 12.2 Å². The lowest BCUT2D eigenvalue weighted by Crippen LogP contribution is -2.32. The molecule has 37 heavy (non-hydrogen) atoms. The van der Waals surface area contributed by atoms with Crippen LogP contribution in [0.4, 0.5) is 4.39 Å². The quantitative estimate of drug-likeness (QED) is 0.290. The number of fused-ring (bicyclic) bond motifs is 1. The Balaban J connectivity index is 1.69. The van der Waals surface area contributed by atoms with Crippen molar-refractivity contribution in [2.75, 3.05) is 6.79 Å². The van der Waals surface area contributed by atoms with Gasteiger partial charge in [-0.2, -0.15) is 0 Å². The van der Waals surface area contributed by atoms with E-state index in [1.165, 1.54) is 22.8 Å². The summed E-state index contributed by atoms with van der Waals surface area (Å²) in [5.74, 6) is 0.421. The van der Waals surface area contributed by atoms with Crippen LogP contribution in [-0.4, -0.2) is 17.1 Å². The third-order valence-electron chi connectivity index (χ3n) is 5.97. The minimum absolute atomic E-state index is 0.121. The zero-order valence-corrected chi connectivity index (χ0v) is 23.0. The van der Waals surface area contributed by atoms with Gasteiger partial charge in [-0.05, 0) is 60.9 Å². The molecule has 3 aromatic carbocycles. The molecule has 0 radical (unpaired) electrons. The summed E-state index contributed by atoms with van der Waals surface area (Å²) in [7, 11) is 0. The number of Topliss-reactive ketones (excluding diaryl/α,β-unsaturated/α-hetero) is 1. The van der Waals surface area contributed by atoms with Crippen molar-refractivity contribution < 1.29 is 18.7 Å². The van der Waals surface area contributed by atoms with E-state index in [-0.39, 0.29) is 39.8 Å². The minimum Gasteiger partial charge on any atom is -0.454 e. The highest BCUT2D eigenvalue weighted by Gasteiger charge is 2.18. The lowest BCUT2D eigenvalue weighted by molar-refractivity contribution is 0.106. The summed E-state index contributed by atoms with van der Waals surface area (Å²) in [4.78, 5) is 26.8. The maximum absolute atomic E-state index is 14.7. The zero-order valence-electron chi connectivity index (χ0n) is 19.8. The largest absolute Gasteiger partial charge is 0.454 e. The second-order valence-corrected chi connectivity index (χ2v) is 10.9. The lowest BCUT2D eigenvalue weighted by Gasteiger charge is -2.08. The molecule has 1 aliphatic rings. The van der Waals surface area contributed by atoms with Crippen molar-refractivity contribution in [1.29, 1.82) is 0 Å². The van der Waals surface area contributed by atoms with Gasteiger partial charge in [-0.1, -0.05) is 51.8 Å². The molecular formula is C28H20BrClFNO4S. The van der Waals surface area contributed by atoms with Gasteiger partial charge in [-0.25, -0.2) is 4.39 Å². The Kier molecular flexibility index (Phi) is 7.07. The van der Waals surface area contributed by atoms with Crippen LogP contribution in [0.5, 0.6) is 11.5 Å². The normalized spacial score (nSPS) is 13.4. The summed E-state index contributed by atoms with van der Waals surface area (Å²) in [6.45, 7) is 3.87. The molecule has 5 nitrogen and oxygen atoms in total. The highest BCUT2D eigenvalue weighted by molar-refractivity contribution is 9.10. The van der Waals surface area contributed by atoms with Gasteiger partial charge in [-0.15, -0.1) is 11.3 Å². The highest BCUT2D eigenvalue weighted by atomic mass is 79.9. The number of aromatic nitrogens is 1. The van der Waals surface area contributed by atoms with E-state index in [0.29, 0.717) is 27.3 Å². The molecule has 0 amide bonds.